The van der Waals surface area contributed by atoms with Gasteiger partial charge in [0.05, 0.1) is 0 Å². The first-order chi connectivity index (χ1) is 10.6. The van der Waals surface area contributed by atoms with E-state index in [1.807, 2.05) is 4.90 Å². The summed E-state index contributed by atoms with van der Waals surface area (Å²) in [5.41, 5.74) is 6.48. The van der Waals surface area contributed by atoms with Crippen LogP contribution in [-0.4, -0.2) is 42.9 Å². The Kier molecular flexibility index (Phi) is 11.1. The minimum Gasteiger partial charge on any atom is -0.352 e. The number of hydrogen-bond acceptors (Lipinski definition) is 3. The van der Waals surface area contributed by atoms with Crippen LogP contribution in [0.4, 0.5) is 0 Å². The van der Waals surface area contributed by atoms with Crippen molar-refractivity contribution in [3.63, 3.8) is 0 Å². The molecule has 0 spiro atoms. The maximum atomic E-state index is 12.5. The van der Waals surface area contributed by atoms with Crippen LogP contribution >= 0.6 is 12.4 Å². The molecule has 1 aromatic rings. The van der Waals surface area contributed by atoms with Gasteiger partial charge in [0.2, 0.25) is 0 Å². The van der Waals surface area contributed by atoms with Gasteiger partial charge in [-0.05, 0) is 44.0 Å². The summed E-state index contributed by atoms with van der Waals surface area (Å²) < 4.78 is 0. The molecule has 2 amide bonds. The van der Waals surface area contributed by atoms with Crippen LogP contribution in [0, 0.1) is 0 Å². The summed E-state index contributed by atoms with van der Waals surface area (Å²) in [6.07, 6.45) is 2.58. The third kappa shape index (κ3) is 7.01. The number of hydrogen-bond donors (Lipinski definition) is 2. The maximum absolute atomic E-state index is 12.5. The van der Waals surface area contributed by atoms with Crippen molar-refractivity contribution < 1.29 is 9.59 Å². The highest BCUT2D eigenvalue weighted by Crippen LogP contribution is 2.10. The monoisotopic (exact) mass is 341 g/mol. The van der Waals surface area contributed by atoms with Crippen molar-refractivity contribution in [2.75, 3.05) is 26.2 Å². The number of rotatable bonds is 9. The van der Waals surface area contributed by atoms with Crippen LogP contribution in [-0.2, 0) is 0 Å². The first-order valence-electron chi connectivity index (χ1n) is 8.01. The Morgan fingerprint density at radius 1 is 1.13 bits per heavy atom. The molecule has 0 unspecified atom stereocenters. The van der Waals surface area contributed by atoms with Gasteiger partial charge >= 0.3 is 0 Å². The van der Waals surface area contributed by atoms with Crippen molar-refractivity contribution in [3.05, 3.63) is 35.4 Å². The van der Waals surface area contributed by atoms with Gasteiger partial charge < -0.3 is 16.0 Å². The van der Waals surface area contributed by atoms with E-state index in [2.05, 4.69) is 19.2 Å². The number of carbonyl (C=O) groups excluding carboxylic acids is 2. The second-order valence-electron chi connectivity index (χ2n) is 5.27. The van der Waals surface area contributed by atoms with Crippen LogP contribution in [0.2, 0.25) is 0 Å². The quantitative estimate of drug-likeness (QED) is 0.677. The van der Waals surface area contributed by atoms with E-state index >= 15 is 0 Å². The molecule has 1 rings (SSSR count). The number of carbonyl (C=O) groups is 2. The van der Waals surface area contributed by atoms with Gasteiger partial charge in [0, 0.05) is 30.8 Å². The third-order valence-electron chi connectivity index (χ3n) is 3.31. The summed E-state index contributed by atoms with van der Waals surface area (Å²) in [6.45, 7) is 6.67. The van der Waals surface area contributed by atoms with E-state index in [0.29, 0.717) is 24.2 Å². The van der Waals surface area contributed by atoms with Gasteiger partial charge in [-0.25, -0.2) is 0 Å². The second-order valence-corrected chi connectivity index (χ2v) is 5.27. The molecule has 5 nitrogen and oxygen atoms in total. The minimum absolute atomic E-state index is 0. The van der Waals surface area contributed by atoms with Gasteiger partial charge in [0.25, 0.3) is 11.8 Å². The molecule has 130 valence electrons. The van der Waals surface area contributed by atoms with Gasteiger partial charge in [-0.15, -0.1) is 12.4 Å². The number of halogens is 1. The highest BCUT2D eigenvalue weighted by molar-refractivity contribution is 5.99. The summed E-state index contributed by atoms with van der Waals surface area (Å²) in [4.78, 5) is 26.4. The van der Waals surface area contributed by atoms with E-state index < -0.39 is 0 Å². The number of amides is 2. The predicted octanol–water partition coefficient (Wildman–Crippen LogP) is 2.45. The number of nitrogens with one attached hydrogen (secondary N) is 1. The lowest BCUT2D eigenvalue weighted by Gasteiger charge is -2.21. The molecule has 0 bridgehead atoms. The predicted molar refractivity (Wildman–Crippen MR) is 96.2 cm³/mol. The van der Waals surface area contributed by atoms with Crippen LogP contribution in [0.25, 0.3) is 0 Å². The molecule has 0 heterocycles. The van der Waals surface area contributed by atoms with Crippen LogP contribution in [0.5, 0.6) is 0 Å². The highest BCUT2D eigenvalue weighted by Gasteiger charge is 2.15. The molecule has 0 aliphatic rings. The van der Waals surface area contributed by atoms with E-state index in [1.165, 1.54) is 0 Å². The van der Waals surface area contributed by atoms with Gasteiger partial charge in [-0.3, -0.25) is 9.59 Å². The largest absolute Gasteiger partial charge is 0.352 e. The van der Waals surface area contributed by atoms with Crippen molar-refractivity contribution >= 4 is 24.2 Å². The Hall–Kier alpha value is -1.59. The molecule has 0 saturated carbocycles. The van der Waals surface area contributed by atoms with Crippen LogP contribution in [0.1, 0.15) is 53.8 Å². The van der Waals surface area contributed by atoms with Crippen molar-refractivity contribution in [2.45, 2.75) is 33.1 Å². The van der Waals surface area contributed by atoms with E-state index in [-0.39, 0.29) is 24.2 Å². The fourth-order valence-corrected chi connectivity index (χ4v) is 2.24. The van der Waals surface area contributed by atoms with Crippen molar-refractivity contribution in [2.24, 2.45) is 5.73 Å². The SMILES string of the molecule is CCCN(CCC)C(=O)c1cccc(C(=O)NCCCN)c1.Cl. The molecule has 0 atom stereocenters. The van der Waals surface area contributed by atoms with E-state index in [9.17, 15) is 9.59 Å². The van der Waals surface area contributed by atoms with Crippen molar-refractivity contribution in [1.82, 2.24) is 10.2 Å². The average molecular weight is 342 g/mol. The smallest absolute Gasteiger partial charge is 0.253 e. The lowest BCUT2D eigenvalue weighted by Crippen LogP contribution is -2.33. The van der Waals surface area contributed by atoms with E-state index in [0.717, 1.165) is 32.4 Å². The Labute approximate surface area is 145 Å². The first kappa shape index (κ1) is 21.4. The lowest BCUT2D eigenvalue weighted by molar-refractivity contribution is 0.0755. The van der Waals surface area contributed by atoms with Gasteiger partial charge in [-0.2, -0.15) is 0 Å². The molecule has 0 saturated heterocycles. The molecule has 0 radical (unpaired) electrons. The summed E-state index contributed by atoms with van der Waals surface area (Å²) >= 11 is 0. The molecule has 3 N–H and O–H groups in total. The van der Waals surface area contributed by atoms with Crippen LogP contribution in [0.15, 0.2) is 24.3 Å². The molecule has 23 heavy (non-hydrogen) atoms. The number of nitrogens with zero attached hydrogens (tertiary/aromatic N) is 1. The molecule has 0 aliphatic heterocycles. The summed E-state index contributed by atoms with van der Waals surface area (Å²) in [5.74, 6) is -0.180. The topological polar surface area (TPSA) is 75.4 Å². The Bertz CT molecular complexity index is 488. The van der Waals surface area contributed by atoms with E-state index in [1.54, 1.807) is 24.3 Å². The van der Waals surface area contributed by atoms with Crippen molar-refractivity contribution in [3.8, 4) is 0 Å². The zero-order valence-electron chi connectivity index (χ0n) is 14.0. The standard InChI is InChI=1S/C17H27N3O2.ClH/c1-3-11-20(12-4-2)17(22)15-8-5-7-14(13-15)16(21)19-10-6-9-18;/h5,7-8,13H,3-4,6,9-12,18H2,1-2H3,(H,19,21);1H. The van der Waals surface area contributed by atoms with E-state index in [4.69, 9.17) is 5.73 Å². The molecule has 1 aromatic carbocycles. The molecule has 0 aromatic heterocycles. The maximum Gasteiger partial charge on any atom is 0.253 e. The molecule has 6 heteroatoms. The summed E-state index contributed by atoms with van der Waals surface area (Å²) in [6, 6.07) is 6.90. The van der Waals surface area contributed by atoms with Crippen molar-refractivity contribution in [1.29, 1.82) is 0 Å². The molecule has 0 aliphatic carbocycles. The van der Waals surface area contributed by atoms with Crippen LogP contribution in [0.3, 0.4) is 0 Å². The third-order valence-corrected chi connectivity index (χ3v) is 3.31. The van der Waals surface area contributed by atoms with Crippen LogP contribution < -0.4 is 11.1 Å². The molecular formula is C17H28ClN3O2. The fourth-order valence-electron chi connectivity index (χ4n) is 2.24. The first-order valence-corrected chi connectivity index (χ1v) is 8.01. The fraction of sp³-hybridized carbons (Fsp3) is 0.529. The molecular weight excluding hydrogens is 314 g/mol. The minimum atomic E-state index is -0.166. The summed E-state index contributed by atoms with van der Waals surface area (Å²) in [7, 11) is 0. The lowest BCUT2D eigenvalue weighted by atomic mass is 10.1. The highest BCUT2D eigenvalue weighted by atomic mass is 35.5. The Morgan fingerprint density at radius 2 is 1.74 bits per heavy atom. The Morgan fingerprint density at radius 3 is 2.30 bits per heavy atom. The average Bonchev–Trinajstić information content (AvgIpc) is 2.54. The number of nitrogens with two attached hydrogens (primary N) is 1. The molecule has 0 fully saturated rings. The summed E-state index contributed by atoms with van der Waals surface area (Å²) in [5, 5.41) is 2.80. The second kappa shape index (κ2) is 11.9. The van der Waals surface area contributed by atoms with Gasteiger partial charge in [0.1, 0.15) is 0 Å². The Balaban J connectivity index is 0.00000484. The normalized spacial score (nSPS) is 9.87. The number of benzene rings is 1. The zero-order valence-corrected chi connectivity index (χ0v) is 14.8. The van der Waals surface area contributed by atoms with Gasteiger partial charge in [-0.1, -0.05) is 19.9 Å². The zero-order chi connectivity index (χ0) is 16.4. The van der Waals surface area contributed by atoms with Gasteiger partial charge in [0.15, 0.2) is 0 Å².